The van der Waals surface area contributed by atoms with E-state index < -0.39 is 0 Å². The van der Waals surface area contributed by atoms with Crippen molar-refractivity contribution >= 4 is 17.0 Å². The zero-order valence-electron chi connectivity index (χ0n) is 12.5. The van der Waals surface area contributed by atoms with E-state index >= 15 is 0 Å². The molecule has 0 aliphatic carbocycles. The topological polar surface area (TPSA) is 57.9 Å². The van der Waals surface area contributed by atoms with E-state index in [4.69, 9.17) is 10.00 Å². The van der Waals surface area contributed by atoms with Gasteiger partial charge in [-0.05, 0) is 12.1 Å². The third-order valence-electron chi connectivity index (χ3n) is 2.80. The smallest absolute Gasteiger partial charge is 0.174 e. The number of hydrogen-bond donors (Lipinski definition) is 1. The third-order valence-corrected chi connectivity index (χ3v) is 4.12. The number of aromatic nitrogens is 1. The van der Waals surface area contributed by atoms with Crippen molar-refractivity contribution in [1.82, 2.24) is 4.98 Å². The molecule has 0 saturated heterocycles. The van der Waals surface area contributed by atoms with Crippen molar-refractivity contribution in [2.45, 2.75) is 32.7 Å². The van der Waals surface area contributed by atoms with Crippen LogP contribution in [0.4, 0.5) is 5.69 Å². The van der Waals surface area contributed by atoms with E-state index in [0.29, 0.717) is 12.3 Å². The summed E-state index contributed by atoms with van der Waals surface area (Å²) in [5, 5.41) is 15.1. The first-order valence-corrected chi connectivity index (χ1v) is 7.65. The molecular weight excluding hydrogens is 282 g/mol. The lowest BCUT2D eigenvalue weighted by atomic mass is 9.98. The number of benzene rings is 1. The molecule has 0 saturated carbocycles. The first-order valence-electron chi connectivity index (χ1n) is 6.77. The maximum absolute atomic E-state index is 8.52. The van der Waals surface area contributed by atoms with Crippen molar-refractivity contribution in [3.63, 3.8) is 0 Å². The Bertz CT molecular complexity index is 637. The maximum atomic E-state index is 8.52. The highest BCUT2D eigenvalue weighted by Crippen LogP contribution is 2.26. The van der Waals surface area contributed by atoms with Crippen LogP contribution in [0.5, 0.6) is 5.75 Å². The van der Waals surface area contributed by atoms with E-state index in [2.05, 4.69) is 36.5 Å². The van der Waals surface area contributed by atoms with Crippen LogP contribution in [0.15, 0.2) is 29.6 Å². The average Bonchev–Trinajstić information content (AvgIpc) is 2.92. The Morgan fingerprint density at radius 1 is 1.38 bits per heavy atom. The van der Waals surface area contributed by atoms with E-state index in [9.17, 15) is 0 Å². The van der Waals surface area contributed by atoms with Crippen molar-refractivity contribution in [2.24, 2.45) is 0 Å². The second kappa shape index (κ2) is 6.59. The maximum Gasteiger partial charge on any atom is 0.174 e. The van der Waals surface area contributed by atoms with E-state index in [1.807, 2.05) is 30.3 Å². The molecule has 0 fully saturated rings. The molecule has 0 aliphatic rings. The Labute approximate surface area is 129 Å². The summed E-state index contributed by atoms with van der Waals surface area (Å²) >= 11 is 1.69. The molecule has 2 rings (SSSR count). The standard InChI is InChI=1S/C16H19N3OS/c1-16(2,3)15-19-13(11-21-15)10-18-12-5-4-6-14(9-12)20-8-7-17/h4-6,9,11,18H,8,10H2,1-3H3. The number of ether oxygens (including phenoxy) is 1. The number of nitrogens with one attached hydrogen (secondary N) is 1. The van der Waals surface area contributed by atoms with Crippen molar-refractivity contribution in [1.29, 1.82) is 5.26 Å². The molecule has 1 aromatic carbocycles. The molecule has 0 atom stereocenters. The Balaban J connectivity index is 1.97. The monoisotopic (exact) mass is 301 g/mol. The molecule has 0 aliphatic heterocycles. The molecule has 2 aromatic rings. The summed E-state index contributed by atoms with van der Waals surface area (Å²) in [5.41, 5.74) is 2.08. The summed E-state index contributed by atoms with van der Waals surface area (Å²) in [5.74, 6) is 0.690. The number of rotatable bonds is 5. The first kappa shape index (κ1) is 15.3. The number of nitrogens with zero attached hydrogens (tertiary/aromatic N) is 2. The van der Waals surface area contributed by atoms with Gasteiger partial charge in [0.05, 0.1) is 17.2 Å². The zero-order chi connectivity index (χ0) is 15.3. The van der Waals surface area contributed by atoms with Gasteiger partial charge in [0.1, 0.15) is 11.8 Å². The van der Waals surface area contributed by atoms with Crippen LogP contribution in [-0.4, -0.2) is 11.6 Å². The van der Waals surface area contributed by atoms with Gasteiger partial charge in [-0.15, -0.1) is 11.3 Å². The Kier molecular flexibility index (Phi) is 4.81. The fraction of sp³-hybridized carbons (Fsp3) is 0.375. The lowest BCUT2D eigenvalue weighted by Crippen LogP contribution is -2.11. The fourth-order valence-corrected chi connectivity index (χ4v) is 2.64. The van der Waals surface area contributed by atoms with Gasteiger partial charge >= 0.3 is 0 Å². The normalized spacial score (nSPS) is 11.0. The number of hydrogen-bond acceptors (Lipinski definition) is 5. The highest BCUT2D eigenvalue weighted by Gasteiger charge is 2.17. The summed E-state index contributed by atoms with van der Waals surface area (Å²) in [7, 11) is 0. The highest BCUT2D eigenvalue weighted by atomic mass is 32.1. The molecule has 21 heavy (non-hydrogen) atoms. The van der Waals surface area contributed by atoms with E-state index in [1.165, 1.54) is 0 Å². The molecule has 4 nitrogen and oxygen atoms in total. The van der Waals surface area contributed by atoms with Crippen LogP contribution >= 0.6 is 11.3 Å². The van der Waals surface area contributed by atoms with Crippen molar-refractivity contribution in [3.05, 3.63) is 40.3 Å². The van der Waals surface area contributed by atoms with Crippen molar-refractivity contribution in [3.8, 4) is 11.8 Å². The first-order chi connectivity index (χ1) is 9.99. The molecule has 5 heteroatoms. The molecule has 0 unspecified atom stereocenters. The molecule has 1 aromatic heterocycles. The second-order valence-electron chi connectivity index (χ2n) is 5.72. The molecule has 0 spiro atoms. The average molecular weight is 301 g/mol. The summed E-state index contributed by atoms with van der Waals surface area (Å²) < 4.78 is 5.28. The lowest BCUT2D eigenvalue weighted by Gasteiger charge is -2.13. The van der Waals surface area contributed by atoms with Gasteiger partial charge in [0.2, 0.25) is 0 Å². The summed E-state index contributed by atoms with van der Waals surface area (Å²) in [6.07, 6.45) is 0. The van der Waals surface area contributed by atoms with Crippen molar-refractivity contribution < 1.29 is 4.74 Å². The van der Waals surface area contributed by atoms with Gasteiger partial charge in [-0.3, -0.25) is 0 Å². The quantitative estimate of drug-likeness (QED) is 0.908. The molecular formula is C16H19N3OS. The van der Waals surface area contributed by atoms with Crippen LogP contribution in [0.1, 0.15) is 31.5 Å². The van der Waals surface area contributed by atoms with Crippen LogP contribution in [0.25, 0.3) is 0 Å². The Hall–Kier alpha value is -2.06. The molecule has 0 amide bonds. The summed E-state index contributed by atoms with van der Waals surface area (Å²) in [4.78, 5) is 4.65. The van der Waals surface area contributed by atoms with Crippen molar-refractivity contribution in [2.75, 3.05) is 11.9 Å². The van der Waals surface area contributed by atoms with Gasteiger partial charge in [-0.25, -0.2) is 4.98 Å². The van der Waals surface area contributed by atoms with Gasteiger partial charge in [0.25, 0.3) is 0 Å². The zero-order valence-corrected chi connectivity index (χ0v) is 13.3. The van der Waals surface area contributed by atoms with Crippen LogP contribution in [0.3, 0.4) is 0 Å². The minimum Gasteiger partial charge on any atom is -0.479 e. The third kappa shape index (κ3) is 4.47. The molecule has 1 heterocycles. The van der Waals surface area contributed by atoms with Gasteiger partial charge in [-0.1, -0.05) is 26.8 Å². The Morgan fingerprint density at radius 3 is 2.86 bits per heavy atom. The van der Waals surface area contributed by atoms with Crippen LogP contribution < -0.4 is 10.1 Å². The van der Waals surface area contributed by atoms with Crippen LogP contribution in [-0.2, 0) is 12.0 Å². The van der Waals surface area contributed by atoms with E-state index in [-0.39, 0.29) is 12.0 Å². The highest BCUT2D eigenvalue weighted by molar-refractivity contribution is 7.09. The summed E-state index contributed by atoms with van der Waals surface area (Å²) in [6.45, 7) is 7.23. The fourth-order valence-electron chi connectivity index (χ4n) is 1.74. The van der Waals surface area contributed by atoms with E-state index in [0.717, 1.165) is 16.4 Å². The summed E-state index contributed by atoms with van der Waals surface area (Å²) in [6, 6.07) is 9.55. The minimum atomic E-state index is 0.0600. The van der Waals surface area contributed by atoms with Crippen LogP contribution in [0, 0.1) is 11.3 Å². The largest absolute Gasteiger partial charge is 0.479 e. The van der Waals surface area contributed by atoms with E-state index in [1.54, 1.807) is 11.3 Å². The van der Waals surface area contributed by atoms with Gasteiger partial charge in [-0.2, -0.15) is 5.26 Å². The van der Waals surface area contributed by atoms with Gasteiger partial charge < -0.3 is 10.1 Å². The van der Waals surface area contributed by atoms with Gasteiger partial charge in [0.15, 0.2) is 6.61 Å². The Morgan fingerprint density at radius 2 is 2.19 bits per heavy atom. The minimum absolute atomic E-state index is 0.0600. The lowest BCUT2D eigenvalue weighted by molar-refractivity contribution is 0.368. The number of thiazole rings is 1. The molecule has 0 bridgehead atoms. The number of anilines is 1. The number of nitriles is 1. The van der Waals surface area contributed by atoms with Gasteiger partial charge in [0, 0.05) is 22.5 Å². The molecule has 1 N–H and O–H groups in total. The predicted octanol–water partition coefficient (Wildman–Crippen LogP) is 3.96. The SMILES string of the molecule is CC(C)(C)c1nc(CNc2cccc(OCC#N)c2)cs1. The second-order valence-corrected chi connectivity index (χ2v) is 6.58. The predicted molar refractivity (Wildman–Crippen MR) is 85.7 cm³/mol. The van der Waals surface area contributed by atoms with Crippen LogP contribution in [0.2, 0.25) is 0 Å². The molecule has 110 valence electrons. The molecule has 0 radical (unpaired) electrons.